The van der Waals surface area contributed by atoms with Gasteiger partial charge in [0, 0.05) is 12.6 Å². The molecule has 17 heavy (non-hydrogen) atoms. The van der Waals surface area contributed by atoms with Gasteiger partial charge < -0.3 is 11.1 Å². The van der Waals surface area contributed by atoms with Gasteiger partial charge in [0.25, 0.3) is 0 Å². The first kappa shape index (κ1) is 13.1. The molecule has 0 saturated heterocycles. The van der Waals surface area contributed by atoms with Crippen molar-refractivity contribution in [2.24, 2.45) is 10.8 Å². The van der Waals surface area contributed by atoms with Gasteiger partial charge in [-0.2, -0.15) is 5.10 Å². The highest BCUT2D eigenvalue weighted by atomic mass is 32.1. The van der Waals surface area contributed by atoms with Gasteiger partial charge in [0.1, 0.15) is 0 Å². The Morgan fingerprint density at radius 2 is 2.24 bits per heavy atom. The minimum absolute atomic E-state index is 0.0963. The van der Waals surface area contributed by atoms with Gasteiger partial charge in [0.15, 0.2) is 5.11 Å². The van der Waals surface area contributed by atoms with Crippen LogP contribution < -0.4 is 16.5 Å². The third kappa shape index (κ3) is 4.60. The van der Waals surface area contributed by atoms with Crippen molar-refractivity contribution in [2.75, 3.05) is 5.32 Å². The smallest absolute Gasteiger partial charge is 0.221 e. The Kier molecular flexibility index (Phi) is 4.59. The number of carbonyl (C=O) groups is 1. The normalized spacial score (nSPS) is 10.2. The highest BCUT2D eigenvalue weighted by Crippen LogP contribution is 2.13. The topological polar surface area (TPSA) is 79.5 Å². The lowest BCUT2D eigenvalue weighted by atomic mass is 10.1. The summed E-state index contributed by atoms with van der Waals surface area (Å²) in [6.45, 7) is 3.39. The first-order valence-electron chi connectivity index (χ1n) is 4.96. The zero-order chi connectivity index (χ0) is 12.8. The van der Waals surface area contributed by atoms with Crippen LogP contribution in [0, 0.1) is 6.92 Å². The summed E-state index contributed by atoms with van der Waals surface area (Å²) in [4.78, 5) is 10.9. The van der Waals surface area contributed by atoms with Gasteiger partial charge in [-0.05, 0) is 42.4 Å². The summed E-state index contributed by atoms with van der Waals surface area (Å²) in [5.74, 6) is -0.0963. The zero-order valence-electron chi connectivity index (χ0n) is 9.65. The number of anilines is 1. The van der Waals surface area contributed by atoms with Crippen molar-refractivity contribution in [1.29, 1.82) is 0 Å². The number of hydrazone groups is 1. The van der Waals surface area contributed by atoms with Gasteiger partial charge in [-0.25, -0.2) is 0 Å². The van der Waals surface area contributed by atoms with E-state index in [0.717, 1.165) is 16.8 Å². The van der Waals surface area contributed by atoms with Gasteiger partial charge in [0.2, 0.25) is 5.91 Å². The number of hydrogen-bond donors (Lipinski definition) is 3. The molecule has 1 aromatic rings. The molecule has 1 aromatic carbocycles. The molecule has 0 spiro atoms. The highest BCUT2D eigenvalue weighted by Gasteiger charge is 1.99. The number of nitrogens with zero attached hydrogens (tertiary/aromatic N) is 1. The van der Waals surface area contributed by atoms with E-state index in [1.54, 1.807) is 12.3 Å². The van der Waals surface area contributed by atoms with Crippen LogP contribution in [-0.2, 0) is 4.79 Å². The lowest BCUT2D eigenvalue weighted by molar-refractivity contribution is -0.114. The van der Waals surface area contributed by atoms with Crippen molar-refractivity contribution in [2.45, 2.75) is 13.8 Å². The molecule has 0 unspecified atom stereocenters. The molecule has 0 saturated carbocycles. The van der Waals surface area contributed by atoms with Crippen LogP contribution in [0.15, 0.2) is 23.3 Å². The Hall–Kier alpha value is -1.95. The van der Waals surface area contributed by atoms with Crippen molar-refractivity contribution in [3.63, 3.8) is 0 Å². The van der Waals surface area contributed by atoms with Crippen LogP contribution in [0.25, 0.3) is 0 Å². The van der Waals surface area contributed by atoms with Crippen LogP contribution in [0.3, 0.4) is 0 Å². The van der Waals surface area contributed by atoms with Crippen molar-refractivity contribution in [1.82, 2.24) is 5.43 Å². The Morgan fingerprint density at radius 3 is 2.76 bits per heavy atom. The molecule has 5 nitrogen and oxygen atoms in total. The summed E-state index contributed by atoms with van der Waals surface area (Å²) >= 11 is 4.62. The first-order valence-corrected chi connectivity index (χ1v) is 5.36. The molecular formula is C11H14N4OS. The largest absolute Gasteiger partial charge is 0.375 e. The number of carbonyl (C=O) groups excluding carboxylic acids is 1. The lowest BCUT2D eigenvalue weighted by Gasteiger charge is -2.05. The molecule has 0 bridgehead atoms. The Bertz CT molecular complexity index is 471. The van der Waals surface area contributed by atoms with E-state index in [9.17, 15) is 4.79 Å². The van der Waals surface area contributed by atoms with E-state index in [0.29, 0.717) is 0 Å². The summed E-state index contributed by atoms with van der Waals surface area (Å²) in [6.07, 6.45) is 1.62. The Balaban J connectivity index is 2.79. The number of hydrogen-bond acceptors (Lipinski definition) is 3. The lowest BCUT2D eigenvalue weighted by Crippen LogP contribution is -2.24. The number of nitrogens with one attached hydrogen (secondary N) is 2. The molecule has 4 N–H and O–H groups in total. The summed E-state index contributed by atoms with van der Waals surface area (Å²) < 4.78 is 0. The summed E-state index contributed by atoms with van der Waals surface area (Å²) in [6, 6.07) is 5.52. The zero-order valence-corrected chi connectivity index (χ0v) is 10.5. The van der Waals surface area contributed by atoms with Crippen LogP contribution in [-0.4, -0.2) is 17.2 Å². The fourth-order valence-corrected chi connectivity index (χ4v) is 1.32. The van der Waals surface area contributed by atoms with E-state index in [2.05, 4.69) is 28.1 Å². The molecule has 0 aromatic heterocycles. The van der Waals surface area contributed by atoms with Gasteiger partial charge in [-0.15, -0.1) is 0 Å². The molecule has 1 rings (SSSR count). The number of rotatable bonds is 3. The molecular weight excluding hydrogens is 236 g/mol. The van der Waals surface area contributed by atoms with Crippen molar-refractivity contribution < 1.29 is 4.79 Å². The molecule has 6 heteroatoms. The van der Waals surface area contributed by atoms with Crippen LogP contribution in [0.4, 0.5) is 5.69 Å². The van der Waals surface area contributed by atoms with Gasteiger partial charge >= 0.3 is 0 Å². The van der Waals surface area contributed by atoms with Crippen LogP contribution in [0.2, 0.25) is 0 Å². The highest BCUT2D eigenvalue weighted by molar-refractivity contribution is 7.80. The van der Waals surface area contributed by atoms with Crippen molar-refractivity contribution >= 4 is 35.1 Å². The average molecular weight is 250 g/mol. The number of thiocarbonyl (C=S) groups is 1. The van der Waals surface area contributed by atoms with Gasteiger partial charge in [-0.3, -0.25) is 10.2 Å². The van der Waals surface area contributed by atoms with Crippen LogP contribution in [0.1, 0.15) is 18.1 Å². The van der Waals surface area contributed by atoms with E-state index in [4.69, 9.17) is 5.73 Å². The minimum atomic E-state index is -0.0963. The molecule has 0 atom stereocenters. The second-order valence-corrected chi connectivity index (χ2v) is 3.93. The number of amides is 1. The van der Waals surface area contributed by atoms with Gasteiger partial charge in [0.05, 0.1) is 6.21 Å². The predicted octanol–water partition coefficient (Wildman–Crippen LogP) is 1.12. The monoisotopic (exact) mass is 250 g/mol. The van der Waals surface area contributed by atoms with E-state index >= 15 is 0 Å². The van der Waals surface area contributed by atoms with Crippen LogP contribution >= 0.6 is 12.2 Å². The summed E-state index contributed by atoms with van der Waals surface area (Å²) in [5, 5.41) is 6.69. The van der Waals surface area contributed by atoms with Crippen molar-refractivity contribution in [3.8, 4) is 0 Å². The standard InChI is InChI=1S/C11H14N4OS/c1-7-5-10(14-8(2)16)4-3-9(7)6-13-15-11(12)17/h3-6H,1-2H3,(H,14,16)(H3,12,15,17)/b13-6-. The third-order valence-electron chi connectivity index (χ3n) is 1.97. The van der Waals surface area contributed by atoms with Gasteiger partial charge in [-0.1, -0.05) is 6.07 Å². The van der Waals surface area contributed by atoms with Crippen LogP contribution in [0.5, 0.6) is 0 Å². The van der Waals surface area contributed by atoms with E-state index in [1.807, 2.05) is 19.1 Å². The molecule has 1 amide bonds. The second kappa shape index (κ2) is 5.95. The van der Waals surface area contributed by atoms with E-state index in [-0.39, 0.29) is 11.0 Å². The number of aryl methyl sites for hydroxylation is 1. The number of nitrogens with two attached hydrogens (primary N) is 1. The maximum absolute atomic E-state index is 10.9. The number of benzene rings is 1. The van der Waals surface area contributed by atoms with E-state index < -0.39 is 0 Å². The summed E-state index contributed by atoms with van der Waals surface area (Å²) in [7, 11) is 0. The minimum Gasteiger partial charge on any atom is -0.375 e. The second-order valence-electron chi connectivity index (χ2n) is 3.49. The average Bonchev–Trinajstić information content (AvgIpc) is 2.20. The molecule has 0 aliphatic carbocycles. The third-order valence-corrected chi connectivity index (χ3v) is 2.06. The maximum atomic E-state index is 10.9. The molecule has 90 valence electrons. The maximum Gasteiger partial charge on any atom is 0.221 e. The molecule has 0 fully saturated rings. The van der Waals surface area contributed by atoms with E-state index in [1.165, 1.54) is 6.92 Å². The SMILES string of the molecule is CC(=O)Nc1ccc(/C=N\NC(N)=S)c(C)c1. The Labute approximate surface area is 105 Å². The fourth-order valence-electron chi connectivity index (χ4n) is 1.27. The van der Waals surface area contributed by atoms with Crippen molar-refractivity contribution in [3.05, 3.63) is 29.3 Å². The molecule has 0 heterocycles. The molecule has 0 aliphatic heterocycles. The molecule has 0 aliphatic rings. The first-order chi connectivity index (χ1) is 7.99. The summed E-state index contributed by atoms with van der Waals surface area (Å²) in [5.41, 5.74) is 10.4. The quantitative estimate of drug-likeness (QED) is 0.427. The molecule has 0 radical (unpaired) electrons. The predicted molar refractivity (Wildman–Crippen MR) is 73.0 cm³/mol. The fraction of sp³-hybridized carbons (Fsp3) is 0.182. The Morgan fingerprint density at radius 1 is 1.53 bits per heavy atom.